The number of allylic oxidation sites excluding steroid dienone is 3. The van der Waals surface area contributed by atoms with Crippen LogP contribution in [0.1, 0.15) is 52.9 Å². The molecule has 20 heavy (non-hydrogen) atoms. The van der Waals surface area contributed by atoms with Gasteiger partial charge in [-0.1, -0.05) is 25.5 Å². The molecule has 0 saturated carbocycles. The SMILES string of the molecule is CCC=C(C)C(C)CCN(C)C1=CN2CCCC(C1)C2. The van der Waals surface area contributed by atoms with Gasteiger partial charge in [0.2, 0.25) is 0 Å². The van der Waals surface area contributed by atoms with Crippen LogP contribution in [0.3, 0.4) is 0 Å². The van der Waals surface area contributed by atoms with E-state index in [0.29, 0.717) is 5.92 Å². The number of hydrogen-bond donors (Lipinski definition) is 0. The monoisotopic (exact) mass is 276 g/mol. The molecule has 0 amide bonds. The molecule has 0 spiro atoms. The van der Waals surface area contributed by atoms with Crippen molar-refractivity contribution in [2.45, 2.75) is 52.9 Å². The second-order valence-corrected chi connectivity index (χ2v) is 6.80. The van der Waals surface area contributed by atoms with E-state index in [4.69, 9.17) is 0 Å². The normalized spacial score (nSPS) is 24.4. The maximum absolute atomic E-state index is 2.54. The minimum atomic E-state index is 0.710. The van der Waals surface area contributed by atoms with Gasteiger partial charge in [-0.25, -0.2) is 0 Å². The predicted molar refractivity (Wildman–Crippen MR) is 87.5 cm³/mol. The van der Waals surface area contributed by atoms with Crippen molar-refractivity contribution >= 4 is 0 Å². The number of piperidine rings is 1. The number of fused-ring (bicyclic) bond motifs is 2. The Morgan fingerprint density at radius 3 is 3.05 bits per heavy atom. The largest absolute Gasteiger partial charge is 0.377 e. The van der Waals surface area contributed by atoms with Crippen LogP contribution >= 0.6 is 0 Å². The lowest BCUT2D eigenvalue weighted by atomic mass is 9.90. The first-order chi connectivity index (χ1) is 9.60. The van der Waals surface area contributed by atoms with E-state index in [-0.39, 0.29) is 0 Å². The zero-order valence-corrected chi connectivity index (χ0v) is 13.9. The molecule has 2 nitrogen and oxygen atoms in total. The van der Waals surface area contributed by atoms with Crippen molar-refractivity contribution in [3.63, 3.8) is 0 Å². The average Bonchev–Trinajstić information content (AvgIpc) is 2.44. The smallest absolute Gasteiger partial charge is 0.0295 e. The van der Waals surface area contributed by atoms with Gasteiger partial charge in [0, 0.05) is 38.6 Å². The summed E-state index contributed by atoms with van der Waals surface area (Å²) in [6.07, 6.45) is 11.3. The highest BCUT2D eigenvalue weighted by molar-refractivity contribution is 5.08. The Morgan fingerprint density at radius 2 is 2.35 bits per heavy atom. The molecular weight excluding hydrogens is 244 g/mol. The first kappa shape index (κ1) is 15.5. The van der Waals surface area contributed by atoms with E-state index >= 15 is 0 Å². The third-order valence-electron chi connectivity index (χ3n) is 5.07. The fourth-order valence-electron chi connectivity index (χ4n) is 3.48. The van der Waals surface area contributed by atoms with Gasteiger partial charge in [-0.05, 0) is 50.9 Å². The van der Waals surface area contributed by atoms with Crippen molar-refractivity contribution in [2.24, 2.45) is 11.8 Å². The lowest BCUT2D eigenvalue weighted by molar-refractivity contribution is 0.188. The summed E-state index contributed by atoms with van der Waals surface area (Å²) in [6, 6.07) is 0. The van der Waals surface area contributed by atoms with Crippen LogP contribution < -0.4 is 0 Å². The van der Waals surface area contributed by atoms with Gasteiger partial charge < -0.3 is 9.80 Å². The predicted octanol–water partition coefficient (Wildman–Crippen LogP) is 4.26. The zero-order valence-electron chi connectivity index (χ0n) is 13.9. The van der Waals surface area contributed by atoms with Crippen LogP contribution in [-0.4, -0.2) is 36.5 Å². The molecule has 2 bridgehead atoms. The van der Waals surface area contributed by atoms with Gasteiger partial charge in [-0.2, -0.15) is 0 Å². The maximum Gasteiger partial charge on any atom is 0.0295 e. The standard InChI is InChI=1S/C18H32N2/c1-5-7-15(2)16(3)9-11-19(4)18-12-17-8-6-10-20(13-17)14-18/h7,14,16-17H,5-6,8-13H2,1-4H3. The van der Waals surface area contributed by atoms with E-state index in [0.717, 1.165) is 12.3 Å². The van der Waals surface area contributed by atoms with Gasteiger partial charge in [0.25, 0.3) is 0 Å². The van der Waals surface area contributed by atoms with Crippen LogP contribution in [0.2, 0.25) is 0 Å². The Labute approximate surface area is 125 Å². The van der Waals surface area contributed by atoms with Gasteiger partial charge in [0.1, 0.15) is 0 Å². The third-order valence-corrected chi connectivity index (χ3v) is 5.07. The molecule has 2 unspecified atom stereocenters. The number of hydrogen-bond acceptors (Lipinski definition) is 2. The molecule has 0 N–H and O–H groups in total. The highest BCUT2D eigenvalue weighted by Gasteiger charge is 2.25. The average molecular weight is 276 g/mol. The maximum atomic E-state index is 2.54. The summed E-state index contributed by atoms with van der Waals surface area (Å²) in [5.74, 6) is 1.62. The van der Waals surface area contributed by atoms with Crippen molar-refractivity contribution in [3.8, 4) is 0 Å². The third kappa shape index (κ3) is 4.04. The zero-order chi connectivity index (χ0) is 14.5. The van der Waals surface area contributed by atoms with Gasteiger partial charge in [0.05, 0.1) is 0 Å². The summed E-state index contributed by atoms with van der Waals surface area (Å²) in [4.78, 5) is 5.04. The van der Waals surface area contributed by atoms with Crippen molar-refractivity contribution in [1.29, 1.82) is 0 Å². The minimum absolute atomic E-state index is 0.710. The summed E-state index contributed by atoms with van der Waals surface area (Å²) >= 11 is 0. The van der Waals surface area contributed by atoms with Gasteiger partial charge >= 0.3 is 0 Å². The van der Waals surface area contributed by atoms with Crippen LogP contribution in [0.25, 0.3) is 0 Å². The quantitative estimate of drug-likeness (QED) is 0.669. The van der Waals surface area contributed by atoms with Gasteiger partial charge in [0.15, 0.2) is 0 Å². The molecule has 114 valence electrons. The van der Waals surface area contributed by atoms with E-state index in [1.807, 2.05) is 0 Å². The molecule has 2 heterocycles. The Balaban J connectivity index is 1.84. The summed E-state index contributed by atoms with van der Waals surface area (Å²) in [5.41, 5.74) is 3.12. The summed E-state index contributed by atoms with van der Waals surface area (Å²) in [5, 5.41) is 0. The second kappa shape index (κ2) is 7.19. The highest BCUT2D eigenvalue weighted by atomic mass is 15.2. The number of nitrogens with zero attached hydrogens (tertiary/aromatic N) is 2. The topological polar surface area (TPSA) is 6.48 Å². The van der Waals surface area contributed by atoms with Crippen LogP contribution in [0, 0.1) is 11.8 Å². The van der Waals surface area contributed by atoms with E-state index in [1.54, 1.807) is 11.3 Å². The van der Waals surface area contributed by atoms with E-state index in [9.17, 15) is 0 Å². The van der Waals surface area contributed by atoms with E-state index < -0.39 is 0 Å². The van der Waals surface area contributed by atoms with Crippen molar-refractivity contribution in [1.82, 2.24) is 9.80 Å². The molecule has 2 atom stereocenters. The minimum Gasteiger partial charge on any atom is -0.377 e. The fourth-order valence-corrected chi connectivity index (χ4v) is 3.48. The molecule has 2 aliphatic heterocycles. The molecule has 0 aliphatic carbocycles. The van der Waals surface area contributed by atoms with Crippen molar-refractivity contribution in [2.75, 3.05) is 26.7 Å². The van der Waals surface area contributed by atoms with Crippen molar-refractivity contribution < 1.29 is 0 Å². The Morgan fingerprint density at radius 1 is 1.55 bits per heavy atom. The Kier molecular flexibility index (Phi) is 5.56. The van der Waals surface area contributed by atoms with Crippen LogP contribution in [-0.2, 0) is 0 Å². The molecule has 2 aliphatic rings. The molecule has 0 aromatic heterocycles. The molecule has 2 heteroatoms. The van der Waals surface area contributed by atoms with Gasteiger partial charge in [-0.3, -0.25) is 0 Å². The molecular formula is C18H32N2. The molecule has 1 saturated heterocycles. The fraction of sp³-hybridized carbons (Fsp3) is 0.778. The molecule has 1 fully saturated rings. The molecule has 0 aromatic carbocycles. The Hall–Kier alpha value is -0.920. The molecule has 0 radical (unpaired) electrons. The summed E-state index contributed by atoms with van der Waals surface area (Å²) < 4.78 is 0. The highest BCUT2D eigenvalue weighted by Crippen LogP contribution is 2.30. The lowest BCUT2D eigenvalue weighted by Crippen LogP contribution is -2.38. The van der Waals surface area contributed by atoms with Crippen LogP contribution in [0.4, 0.5) is 0 Å². The van der Waals surface area contributed by atoms with Crippen LogP contribution in [0.5, 0.6) is 0 Å². The van der Waals surface area contributed by atoms with Crippen molar-refractivity contribution in [3.05, 3.63) is 23.5 Å². The summed E-state index contributed by atoms with van der Waals surface area (Å²) in [6.45, 7) is 10.6. The van der Waals surface area contributed by atoms with Gasteiger partial charge in [-0.15, -0.1) is 0 Å². The first-order valence-electron chi connectivity index (χ1n) is 8.42. The lowest BCUT2D eigenvalue weighted by Gasteiger charge is -2.40. The van der Waals surface area contributed by atoms with Crippen LogP contribution in [0.15, 0.2) is 23.5 Å². The molecule has 2 rings (SSSR count). The summed E-state index contributed by atoms with van der Waals surface area (Å²) in [7, 11) is 2.28. The molecule has 0 aromatic rings. The Bertz CT molecular complexity index is 370. The first-order valence-corrected chi connectivity index (χ1v) is 8.42. The second-order valence-electron chi connectivity index (χ2n) is 6.80. The van der Waals surface area contributed by atoms with E-state index in [1.165, 1.54) is 45.3 Å². The van der Waals surface area contributed by atoms with E-state index in [2.05, 4.69) is 49.9 Å². The number of rotatable bonds is 6.